The molecule has 1 amide bonds. The van der Waals surface area contributed by atoms with E-state index in [0.717, 1.165) is 0 Å². The predicted octanol–water partition coefficient (Wildman–Crippen LogP) is 1.92. The highest BCUT2D eigenvalue weighted by Gasteiger charge is 2.17. The van der Waals surface area contributed by atoms with E-state index in [4.69, 9.17) is 4.74 Å². The van der Waals surface area contributed by atoms with Gasteiger partial charge in [0.05, 0.1) is 12.6 Å². The molecule has 1 aliphatic heterocycles. The standard InChI is InChI=1S/C9H13NO2/c1-3-12-9(11)10-7-5-4-6-8(10)2/h4-8H,3H2,1-2H3. The molecule has 3 nitrogen and oxygen atoms in total. The minimum Gasteiger partial charge on any atom is -0.449 e. The summed E-state index contributed by atoms with van der Waals surface area (Å²) < 4.78 is 4.85. The third kappa shape index (κ3) is 1.87. The second kappa shape index (κ2) is 3.95. The van der Waals surface area contributed by atoms with Crippen LogP contribution in [0.2, 0.25) is 0 Å². The van der Waals surface area contributed by atoms with Crippen molar-refractivity contribution in [1.82, 2.24) is 4.90 Å². The first-order valence-corrected chi connectivity index (χ1v) is 4.05. The lowest BCUT2D eigenvalue weighted by molar-refractivity contribution is 0.117. The Balaban J connectivity index is 2.56. The summed E-state index contributed by atoms with van der Waals surface area (Å²) in [5.74, 6) is 0. The monoisotopic (exact) mass is 167 g/mol. The van der Waals surface area contributed by atoms with E-state index in [2.05, 4.69) is 0 Å². The van der Waals surface area contributed by atoms with Gasteiger partial charge in [0, 0.05) is 6.20 Å². The van der Waals surface area contributed by atoms with Crippen molar-refractivity contribution in [3.8, 4) is 0 Å². The van der Waals surface area contributed by atoms with Crippen LogP contribution in [0.3, 0.4) is 0 Å². The Hall–Kier alpha value is -1.25. The van der Waals surface area contributed by atoms with E-state index in [1.54, 1.807) is 18.0 Å². The number of hydrogen-bond donors (Lipinski definition) is 0. The highest BCUT2D eigenvalue weighted by molar-refractivity contribution is 5.70. The van der Waals surface area contributed by atoms with Crippen LogP contribution in [0.4, 0.5) is 4.79 Å². The van der Waals surface area contributed by atoms with Gasteiger partial charge in [0.25, 0.3) is 0 Å². The lowest BCUT2D eigenvalue weighted by atomic mass is 10.2. The van der Waals surface area contributed by atoms with E-state index in [-0.39, 0.29) is 12.1 Å². The summed E-state index contributed by atoms with van der Waals surface area (Å²) in [4.78, 5) is 12.8. The van der Waals surface area contributed by atoms with Crippen LogP contribution in [0.1, 0.15) is 13.8 Å². The van der Waals surface area contributed by atoms with Crippen molar-refractivity contribution in [3.63, 3.8) is 0 Å². The molecule has 0 aliphatic carbocycles. The van der Waals surface area contributed by atoms with E-state index >= 15 is 0 Å². The van der Waals surface area contributed by atoms with Crippen LogP contribution in [0.5, 0.6) is 0 Å². The normalized spacial score (nSPS) is 21.2. The predicted molar refractivity (Wildman–Crippen MR) is 46.6 cm³/mol. The Kier molecular flexibility index (Phi) is 2.91. The summed E-state index contributed by atoms with van der Waals surface area (Å²) in [7, 11) is 0. The van der Waals surface area contributed by atoms with E-state index in [9.17, 15) is 4.79 Å². The van der Waals surface area contributed by atoms with Crippen LogP contribution in [-0.2, 0) is 4.74 Å². The van der Waals surface area contributed by atoms with E-state index in [0.29, 0.717) is 6.61 Å². The number of hydrogen-bond acceptors (Lipinski definition) is 2. The highest BCUT2D eigenvalue weighted by atomic mass is 16.6. The average molecular weight is 167 g/mol. The lowest BCUT2D eigenvalue weighted by Gasteiger charge is -2.24. The summed E-state index contributed by atoms with van der Waals surface area (Å²) in [6.45, 7) is 4.16. The van der Waals surface area contributed by atoms with E-state index in [1.165, 1.54) is 0 Å². The number of nitrogens with zero attached hydrogens (tertiary/aromatic N) is 1. The fraction of sp³-hybridized carbons (Fsp3) is 0.444. The van der Waals surface area contributed by atoms with Crippen molar-refractivity contribution in [3.05, 3.63) is 24.4 Å². The summed E-state index contributed by atoms with van der Waals surface area (Å²) in [5.41, 5.74) is 0. The highest BCUT2D eigenvalue weighted by Crippen LogP contribution is 2.08. The molecule has 0 bridgehead atoms. The molecule has 0 radical (unpaired) electrons. The summed E-state index contributed by atoms with van der Waals surface area (Å²) in [6, 6.07) is 0.0917. The maximum atomic E-state index is 11.2. The van der Waals surface area contributed by atoms with Gasteiger partial charge in [-0.2, -0.15) is 0 Å². The topological polar surface area (TPSA) is 29.5 Å². The number of rotatable bonds is 1. The minimum atomic E-state index is -0.286. The smallest absolute Gasteiger partial charge is 0.414 e. The number of carbonyl (C=O) groups is 1. The quantitative estimate of drug-likeness (QED) is 0.597. The van der Waals surface area contributed by atoms with Crippen molar-refractivity contribution in [2.75, 3.05) is 6.61 Å². The molecular formula is C9H13NO2. The van der Waals surface area contributed by atoms with Crippen LogP contribution < -0.4 is 0 Å². The summed E-state index contributed by atoms with van der Waals surface area (Å²) in [5, 5.41) is 0. The first-order chi connectivity index (χ1) is 5.75. The van der Waals surface area contributed by atoms with Gasteiger partial charge in [0.15, 0.2) is 0 Å². The molecule has 1 atom stereocenters. The molecule has 1 unspecified atom stereocenters. The van der Waals surface area contributed by atoms with Crippen molar-refractivity contribution in [1.29, 1.82) is 0 Å². The Bertz CT molecular complexity index is 221. The van der Waals surface area contributed by atoms with E-state index in [1.807, 2.05) is 25.2 Å². The largest absolute Gasteiger partial charge is 0.449 e. The molecule has 0 fully saturated rings. The Labute approximate surface area is 72.3 Å². The molecule has 0 aromatic carbocycles. The average Bonchev–Trinajstić information content (AvgIpc) is 2.05. The van der Waals surface area contributed by atoms with Gasteiger partial charge in [0.1, 0.15) is 0 Å². The van der Waals surface area contributed by atoms with Gasteiger partial charge in [-0.25, -0.2) is 4.79 Å². The van der Waals surface area contributed by atoms with Gasteiger partial charge >= 0.3 is 6.09 Å². The maximum Gasteiger partial charge on any atom is 0.414 e. The van der Waals surface area contributed by atoms with Crippen LogP contribution in [0.25, 0.3) is 0 Å². The molecule has 0 aromatic heterocycles. The second-order valence-electron chi connectivity index (χ2n) is 2.57. The maximum absolute atomic E-state index is 11.2. The van der Waals surface area contributed by atoms with Gasteiger partial charge < -0.3 is 4.74 Å². The lowest BCUT2D eigenvalue weighted by Crippen LogP contribution is -2.34. The van der Waals surface area contributed by atoms with E-state index < -0.39 is 0 Å². The molecule has 12 heavy (non-hydrogen) atoms. The van der Waals surface area contributed by atoms with Gasteiger partial charge in [-0.15, -0.1) is 0 Å². The third-order valence-corrected chi connectivity index (χ3v) is 1.66. The zero-order valence-electron chi connectivity index (χ0n) is 7.36. The zero-order chi connectivity index (χ0) is 8.97. The second-order valence-corrected chi connectivity index (χ2v) is 2.57. The Morgan fingerprint density at radius 3 is 2.92 bits per heavy atom. The molecular weight excluding hydrogens is 154 g/mol. The molecule has 1 rings (SSSR count). The Morgan fingerprint density at radius 2 is 2.33 bits per heavy atom. The fourth-order valence-electron chi connectivity index (χ4n) is 1.02. The summed E-state index contributed by atoms with van der Waals surface area (Å²) >= 11 is 0. The van der Waals surface area contributed by atoms with Gasteiger partial charge in [0.2, 0.25) is 0 Å². The van der Waals surface area contributed by atoms with Gasteiger partial charge in [-0.1, -0.05) is 12.2 Å². The van der Waals surface area contributed by atoms with Crippen molar-refractivity contribution < 1.29 is 9.53 Å². The van der Waals surface area contributed by atoms with Crippen LogP contribution >= 0.6 is 0 Å². The van der Waals surface area contributed by atoms with Gasteiger partial charge in [-0.05, 0) is 19.9 Å². The van der Waals surface area contributed by atoms with Crippen molar-refractivity contribution in [2.45, 2.75) is 19.9 Å². The molecule has 3 heteroatoms. The molecule has 66 valence electrons. The Morgan fingerprint density at radius 1 is 1.58 bits per heavy atom. The minimum absolute atomic E-state index is 0.0917. The molecule has 0 saturated carbocycles. The van der Waals surface area contributed by atoms with Crippen LogP contribution in [0.15, 0.2) is 24.4 Å². The van der Waals surface area contributed by atoms with Gasteiger partial charge in [-0.3, -0.25) is 4.90 Å². The number of amides is 1. The molecule has 1 heterocycles. The first-order valence-electron chi connectivity index (χ1n) is 4.05. The molecule has 0 saturated heterocycles. The molecule has 1 aliphatic rings. The number of ether oxygens (including phenoxy) is 1. The molecule has 0 aromatic rings. The third-order valence-electron chi connectivity index (χ3n) is 1.66. The number of carbonyl (C=O) groups excluding carboxylic acids is 1. The molecule has 0 N–H and O–H groups in total. The molecule has 0 spiro atoms. The van der Waals surface area contributed by atoms with Crippen molar-refractivity contribution in [2.24, 2.45) is 0 Å². The zero-order valence-corrected chi connectivity index (χ0v) is 7.36. The summed E-state index contributed by atoms with van der Waals surface area (Å²) in [6.07, 6.45) is 7.11. The fourth-order valence-corrected chi connectivity index (χ4v) is 1.02. The van der Waals surface area contributed by atoms with Crippen LogP contribution in [-0.4, -0.2) is 23.6 Å². The first kappa shape index (κ1) is 8.84. The van der Waals surface area contributed by atoms with Crippen molar-refractivity contribution >= 4 is 6.09 Å². The number of allylic oxidation sites excluding steroid dienone is 2. The SMILES string of the molecule is CCOC(=O)N1C=CC=CC1C. The van der Waals surface area contributed by atoms with Crippen LogP contribution in [0, 0.1) is 0 Å².